The fourth-order valence-electron chi connectivity index (χ4n) is 2.58. The molecule has 0 fully saturated rings. The monoisotopic (exact) mass is 409 g/mol. The van der Waals surface area contributed by atoms with E-state index < -0.39 is 0 Å². The minimum atomic E-state index is -0.0829. The molecular formula is C18H17Cl2N3O2S. The number of rotatable bonds is 6. The zero-order valence-corrected chi connectivity index (χ0v) is 16.6. The molecular weight excluding hydrogens is 393 g/mol. The number of carbonyl (C=O) groups excluding carboxylic acids is 1. The molecule has 1 amide bonds. The highest BCUT2D eigenvalue weighted by molar-refractivity contribution is 7.15. The number of carbonyl (C=O) groups is 1. The molecule has 3 aromatic rings. The van der Waals surface area contributed by atoms with E-state index in [2.05, 4.69) is 15.5 Å². The van der Waals surface area contributed by atoms with Crippen molar-refractivity contribution in [3.63, 3.8) is 0 Å². The van der Waals surface area contributed by atoms with Gasteiger partial charge >= 0.3 is 0 Å². The number of thiazole rings is 1. The highest BCUT2D eigenvalue weighted by atomic mass is 35.5. The summed E-state index contributed by atoms with van der Waals surface area (Å²) in [6.45, 7) is 3.73. The van der Waals surface area contributed by atoms with Crippen LogP contribution in [-0.4, -0.2) is 16.0 Å². The standard InChI is InChI=1S/C18H17Cl2N3O2S/c1-10-14(11(2)25-23-10)4-6-17(24)22-18-21-9-13(26-18)7-12-3-5-15(19)16(20)8-12/h3,5,8-9H,4,6-7H2,1-2H3,(H,21,22,24). The molecule has 2 aromatic heterocycles. The molecule has 0 atom stereocenters. The Morgan fingerprint density at radius 1 is 1.27 bits per heavy atom. The van der Waals surface area contributed by atoms with Crippen LogP contribution in [0.1, 0.15) is 33.9 Å². The summed E-state index contributed by atoms with van der Waals surface area (Å²) < 4.78 is 5.11. The van der Waals surface area contributed by atoms with Gasteiger partial charge in [0.2, 0.25) is 5.91 Å². The Kier molecular flexibility index (Phi) is 5.96. The molecule has 2 heterocycles. The van der Waals surface area contributed by atoms with Gasteiger partial charge < -0.3 is 9.84 Å². The summed E-state index contributed by atoms with van der Waals surface area (Å²) in [7, 11) is 0. The molecule has 3 rings (SSSR count). The summed E-state index contributed by atoms with van der Waals surface area (Å²) in [5.74, 6) is 0.675. The molecule has 8 heteroatoms. The summed E-state index contributed by atoms with van der Waals surface area (Å²) in [6, 6.07) is 5.54. The van der Waals surface area contributed by atoms with Crippen molar-refractivity contribution in [2.45, 2.75) is 33.1 Å². The van der Waals surface area contributed by atoms with Gasteiger partial charge in [-0.1, -0.05) is 34.4 Å². The van der Waals surface area contributed by atoms with Crippen LogP contribution >= 0.6 is 34.5 Å². The summed E-state index contributed by atoms with van der Waals surface area (Å²) in [6.07, 6.45) is 3.39. The van der Waals surface area contributed by atoms with Crippen LogP contribution in [0.4, 0.5) is 5.13 Å². The van der Waals surface area contributed by atoms with Crippen molar-refractivity contribution in [3.8, 4) is 0 Å². The molecule has 0 saturated carbocycles. The lowest BCUT2D eigenvalue weighted by molar-refractivity contribution is -0.116. The molecule has 136 valence electrons. The minimum Gasteiger partial charge on any atom is -0.361 e. The van der Waals surface area contributed by atoms with E-state index in [0.29, 0.717) is 34.4 Å². The zero-order valence-electron chi connectivity index (χ0n) is 14.3. The van der Waals surface area contributed by atoms with Gasteiger partial charge in [0.15, 0.2) is 5.13 Å². The van der Waals surface area contributed by atoms with E-state index in [9.17, 15) is 4.79 Å². The maximum Gasteiger partial charge on any atom is 0.226 e. The fourth-order valence-corrected chi connectivity index (χ4v) is 3.76. The second kappa shape index (κ2) is 8.20. The van der Waals surface area contributed by atoms with Crippen molar-refractivity contribution < 1.29 is 9.32 Å². The zero-order chi connectivity index (χ0) is 18.7. The van der Waals surface area contributed by atoms with Crippen LogP contribution in [0.25, 0.3) is 0 Å². The fraction of sp³-hybridized carbons (Fsp3) is 0.278. The molecule has 1 aromatic carbocycles. The molecule has 0 aliphatic carbocycles. The highest BCUT2D eigenvalue weighted by Gasteiger charge is 2.12. The topological polar surface area (TPSA) is 68.0 Å². The van der Waals surface area contributed by atoms with Crippen LogP contribution in [0.15, 0.2) is 28.9 Å². The first kappa shape index (κ1) is 18.9. The molecule has 0 spiro atoms. The third-order valence-electron chi connectivity index (χ3n) is 3.95. The second-order valence-electron chi connectivity index (χ2n) is 5.91. The SMILES string of the molecule is Cc1noc(C)c1CCC(=O)Nc1ncc(Cc2ccc(Cl)c(Cl)c2)s1. The van der Waals surface area contributed by atoms with Crippen molar-refractivity contribution in [2.75, 3.05) is 5.32 Å². The smallest absolute Gasteiger partial charge is 0.226 e. The van der Waals surface area contributed by atoms with E-state index >= 15 is 0 Å². The van der Waals surface area contributed by atoms with E-state index in [1.165, 1.54) is 11.3 Å². The van der Waals surface area contributed by atoms with Crippen molar-refractivity contribution in [2.24, 2.45) is 0 Å². The van der Waals surface area contributed by atoms with Crippen molar-refractivity contribution in [1.82, 2.24) is 10.1 Å². The van der Waals surface area contributed by atoms with Gasteiger partial charge in [0.05, 0.1) is 15.7 Å². The molecule has 0 unspecified atom stereocenters. The average Bonchev–Trinajstić information content (AvgIpc) is 3.16. The van der Waals surface area contributed by atoms with Crippen LogP contribution in [-0.2, 0) is 17.6 Å². The van der Waals surface area contributed by atoms with Crippen LogP contribution in [0.2, 0.25) is 10.0 Å². The summed E-state index contributed by atoms with van der Waals surface area (Å²) in [5.41, 5.74) is 2.85. The quantitative estimate of drug-likeness (QED) is 0.605. The Hall–Kier alpha value is -1.89. The third-order valence-corrected chi connectivity index (χ3v) is 5.60. The number of halogens is 2. The number of benzene rings is 1. The summed E-state index contributed by atoms with van der Waals surface area (Å²) in [5, 5.41) is 8.39. The lowest BCUT2D eigenvalue weighted by Crippen LogP contribution is -2.12. The van der Waals surface area contributed by atoms with Crippen molar-refractivity contribution >= 4 is 45.6 Å². The Labute approximate surface area is 165 Å². The van der Waals surface area contributed by atoms with E-state index in [1.807, 2.05) is 26.0 Å². The molecule has 26 heavy (non-hydrogen) atoms. The number of hydrogen-bond donors (Lipinski definition) is 1. The molecule has 5 nitrogen and oxygen atoms in total. The average molecular weight is 410 g/mol. The van der Waals surface area contributed by atoms with Gasteiger partial charge in [-0.05, 0) is 38.0 Å². The van der Waals surface area contributed by atoms with Crippen LogP contribution in [0.3, 0.4) is 0 Å². The molecule has 0 saturated heterocycles. The molecule has 0 bridgehead atoms. The van der Waals surface area contributed by atoms with E-state index in [-0.39, 0.29) is 5.91 Å². The minimum absolute atomic E-state index is 0.0829. The van der Waals surface area contributed by atoms with E-state index in [0.717, 1.165) is 27.5 Å². The van der Waals surface area contributed by atoms with E-state index in [4.69, 9.17) is 27.7 Å². The van der Waals surface area contributed by atoms with Gasteiger partial charge in [-0.2, -0.15) is 0 Å². The maximum absolute atomic E-state index is 12.2. The van der Waals surface area contributed by atoms with Gasteiger partial charge in [0.1, 0.15) is 5.76 Å². The predicted molar refractivity (Wildman–Crippen MR) is 104 cm³/mol. The van der Waals surface area contributed by atoms with Crippen molar-refractivity contribution in [1.29, 1.82) is 0 Å². The molecule has 0 radical (unpaired) electrons. The van der Waals surface area contributed by atoms with Crippen molar-refractivity contribution in [3.05, 3.63) is 61.9 Å². The Balaban J connectivity index is 1.56. The first-order valence-corrected chi connectivity index (χ1v) is 9.60. The van der Waals surface area contributed by atoms with Gasteiger partial charge in [0.25, 0.3) is 0 Å². The van der Waals surface area contributed by atoms with Gasteiger partial charge in [-0.3, -0.25) is 4.79 Å². The first-order chi connectivity index (χ1) is 12.4. The lowest BCUT2D eigenvalue weighted by Gasteiger charge is -2.02. The van der Waals surface area contributed by atoms with Crippen LogP contribution < -0.4 is 5.32 Å². The Morgan fingerprint density at radius 3 is 2.77 bits per heavy atom. The Bertz CT molecular complexity index is 917. The number of hydrogen-bond acceptors (Lipinski definition) is 5. The number of aryl methyl sites for hydroxylation is 2. The molecule has 1 N–H and O–H groups in total. The number of amides is 1. The first-order valence-electron chi connectivity index (χ1n) is 8.02. The predicted octanol–water partition coefficient (Wildman–Crippen LogP) is 5.22. The largest absolute Gasteiger partial charge is 0.361 e. The number of nitrogens with one attached hydrogen (secondary N) is 1. The maximum atomic E-state index is 12.2. The molecule has 0 aliphatic rings. The molecule has 0 aliphatic heterocycles. The van der Waals surface area contributed by atoms with Crippen LogP contribution in [0.5, 0.6) is 0 Å². The van der Waals surface area contributed by atoms with Gasteiger partial charge in [-0.25, -0.2) is 4.98 Å². The van der Waals surface area contributed by atoms with Gasteiger partial charge in [0, 0.05) is 29.5 Å². The lowest BCUT2D eigenvalue weighted by atomic mass is 10.1. The Morgan fingerprint density at radius 2 is 2.08 bits per heavy atom. The summed E-state index contributed by atoms with van der Waals surface area (Å²) in [4.78, 5) is 17.5. The normalized spacial score (nSPS) is 10.9. The number of nitrogens with zero attached hydrogens (tertiary/aromatic N) is 2. The summed E-state index contributed by atoms with van der Waals surface area (Å²) >= 11 is 13.4. The second-order valence-corrected chi connectivity index (χ2v) is 7.84. The number of aromatic nitrogens is 2. The number of anilines is 1. The highest BCUT2D eigenvalue weighted by Crippen LogP contribution is 2.26. The van der Waals surface area contributed by atoms with Crippen LogP contribution in [0, 0.1) is 13.8 Å². The third kappa shape index (κ3) is 4.63. The van der Waals surface area contributed by atoms with E-state index in [1.54, 1.807) is 12.3 Å². The van der Waals surface area contributed by atoms with Gasteiger partial charge in [-0.15, -0.1) is 11.3 Å².